The molecule has 84 valence electrons. The van der Waals surface area contributed by atoms with Crippen LogP contribution in [0.4, 0.5) is 5.95 Å². The first kappa shape index (κ1) is 11.9. The summed E-state index contributed by atoms with van der Waals surface area (Å²) >= 11 is 0. The highest BCUT2D eigenvalue weighted by molar-refractivity contribution is 5.29. The third kappa shape index (κ3) is 3.47. The van der Waals surface area contributed by atoms with Crippen LogP contribution in [0.3, 0.4) is 0 Å². The van der Waals surface area contributed by atoms with Gasteiger partial charge in [0, 0.05) is 25.5 Å². The molecule has 0 N–H and O–H groups in total. The van der Waals surface area contributed by atoms with Crippen LogP contribution in [-0.4, -0.2) is 36.3 Å². The van der Waals surface area contributed by atoms with Crippen LogP contribution >= 0.6 is 0 Å². The van der Waals surface area contributed by atoms with Crippen molar-refractivity contribution in [2.75, 3.05) is 31.2 Å². The summed E-state index contributed by atoms with van der Waals surface area (Å²) < 4.78 is 5.25. The molecule has 1 aromatic heterocycles. The molecule has 1 aromatic rings. The van der Waals surface area contributed by atoms with Crippen molar-refractivity contribution in [3.63, 3.8) is 0 Å². The van der Waals surface area contributed by atoms with E-state index in [1.807, 2.05) is 33.2 Å². The molecule has 15 heavy (non-hydrogen) atoms. The minimum Gasteiger partial charge on any atom is -0.378 e. The molecule has 0 atom stereocenters. The quantitative estimate of drug-likeness (QED) is 0.705. The third-order valence-corrected chi connectivity index (χ3v) is 2.06. The van der Waals surface area contributed by atoms with E-state index in [1.54, 1.807) is 0 Å². The number of ether oxygens (including phenoxy) is 1. The molecule has 4 heteroatoms. The van der Waals surface area contributed by atoms with Crippen LogP contribution in [0.5, 0.6) is 0 Å². The summed E-state index contributed by atoms with van der Waals surface area (Å²) in [6.45, 7) is 9.32. The zero-order valence-corrected chi connectivity index (χ0v) is 9.73. The van der Waals surface area contributed by atoms with Gasteiger partial charge in [0.1, 0.15) is 0 Å². The van der Waals surface area contributed by atoms with Crippen molar-refractivity contribution in [3.8, 4) is 0 Å². The molecule has 2 heterocycles. The molecule has 1 aliphatic rings. The van der Waals surface area contributed by atoms with Crippen LogP contribution in [-0.2, 0) is 4.74 Å². The van der Waals surface area contributed by atoms with Crippen LogP contribution in [0.2, 0.25) is 0 Å². The highest BCUT2D eigenvalue weighted by atomic mass is 16.5. The number of aryl methyl sites for hydroxylation is 1. The summed E-state index contributed by atoms with van der Waals surface area (Å²) in [4.78, 5) is 10.7. The molecule has 0 unspecified atom stereocenters. The van der Waals surface area contributed by atoms with Gasteiger partial charge in [0.25, 0.3) is 0 Å². The Morgan fingerprint density at radius 1 is 1.13 bits per heavy atom. The summed E-state index contributed by atoms with van der Waals surface area (Å²) in [7, 11) is 0. The minimum absolute atomic E-state index is 0.775. The fourth-order valence-corrected chi connectivity index (χ4v) is 1.31. The molecule has 0 aliphatic carbocycles. The Hall–Kier alpha value is -1.16. The molecular formula is C11H19N3O. The molecule has 2 rings (SSSR count). The topological polar surface area (TPSA) is 38.2 Å². The fourth-order valence-electron chi connectivity index (χ4n) is 1.31. The lowest BCUT2D eigenvalue weighted by Crippen LogP contribution is -2.37. The molecule has 4 nitrogen and oxygen atoms in total. The van der Waals surface area contributed by atoms with Gasteiger partial charge in [-0.3, -0.25) is 0 Å². The van der Waals surface area contributed by atoms with Gasteiger partial charge >= 0.3 is 0 Å². The van der Waals surface area contributed by atoms with Crippen molar-refractivity contribution >= 4 is 5.95 Å². The molecule has 0 amide bonds. The third-order valence-electron chi connectivity index (χ3n) is 2.06. The SMILES string of the molecule is CC.Cc1cnc(N2CCOCC2)nc1. The molecular weight excluding hydrogens is 190 g/mol. The highest BCUT2D eigenvalue weighted by Crippen LogP contribution is 2.08. The molecule has 1 aliphatic heterocycles. The van der Waals surface area contributed by atoms with E-state index >= 15 is 0 Å². The number of aromatic nitrogens is 2. The molecule has 0 spiro atoms. The number of hydrogen-bond acceptors (Lipinski definition) is 4. The standard InChI is InChI=1S/C9H13N3O.C2H6/c1-8-6-10-9(11-7-8)12-2-4-13-5-3-12;1-2/h6-7H,2-5H2,1H3;1-2H3. The number of morpholine rings is 1. The van der Waals surface area contributed by atoms with E-state index in [0.717, 1.165) is 37.8 Å². The Bertz CT molecular complexity index is 268. The van der Waals surface area contributed by atoms with Gasteiger partial charge in [0.05, 0.1) is 13.2 Å². The largest absolute Gasteiger partial charge is 0.378 e. The lowest BCUT2D eigenvalue weighted by atomic mass is 10.4. The van der Waals surface area contributed by atoms with E-state index < -0.39 is 0 Å². The Balaban J connectivity index is 0.000000531. The summed E-state index contributed by atoms with van der Waals surface area (Å²) in [5.41, 5.74) is 1.09. The van der Waals surface area contributed by atoms with Crippen molar-refractivity contribution in [2.45, 2.75) is 20.8 Å². The average molecular weight is 209 g/mol. The fraction of sp³-hybridized carbons (Fsp3) is 0.636. The van der Waals surface area contributed by atoms with Crippen molar-refractivity contribution in [1.29, 1.82) is 0 Å². The zero-order valence-electron chi connectivity index (χ0n) is 9.73. The van der Waals surface area contributed by atoms with E-state index in [2.05, 4.69) is 14.9 Å². The lowest BCUT2D eigenvalue weighted by Gasteiger charge is -2.26. The van der Waals surface area contributed by atoms with Crippen molar-refractivity contribution in [2.24, 2.45) is 0 Å². The van der Waals surface area contributed by atoms with E-state index in [1.165, 1.54) is 0 Å². The Morgan fingerprint density at radius 3 is 2.20 bits per heavy atom. The van der Waals surface area contributed by atoms with Crippen LogP contribution in [0.1, 0.15) is 19.4 Å². The van der Waals surface area contributed by atoms with E-state index in [4.69, 9.17) is 4.74 Å². The monoisotopic (exact) mass is 209 g/mol. The normalized spacial score (nSPS) is 15.5. The highest BCUT2D eigenvalue weighted by Gasteiger charge is 2.12. The van der Waals surface area contributed by atoms with Gasteiger partial charge in [0.15, 0.2) is 0 Å². The van der Waals surface area contributed by atoms with E-state index in [9.17, 15) is 0 Å². The van der Waals surface area contributed by atoms with E-state index in [-0.39, 0.29) is 0 Å². The van der Waals surface area contributed by atoms with Gasteiger partial charge in [-0.25, -0.2) is 9.97 Å². The number of rotatable bonds is 1. The summed E-state index contributed by atoms with van der Waals surface area (Å²) in [5, 5.41) is 0. The van der Waals surface area contributed by atoms with Crippen molar-refractivity contribution in [3.05, 3.63) is 18.0 Å². The van der Waals surface area contributed by atoms with Crippen LogP contribution < -0.4 is 4.90 Å². The van der Waals surface area contributed by atoms with Crippen LogP contribution in [0, 0.1) is 6.92 Å². The maximum absolute atomic E-state index is 5.25. The molecule has 1 fully saturated rings. The summed E-state index contributed by atoms with van der Waals surface area (Å²) in [6.07, 6.45) is 3.69. The second kappa shape index (κ2) is 6.35. The summed E-state index contributed by atoms with van der Waals surface area (Å²) in [6, 6.07) is 0. The number of anilines is 1. The Morgan fingerprint density at radius 2 is 1.67 bits per heavy atom. The second-order valence-corrected chi connectivity index (χ2v) is 3.16. The maximum atomic E-state index is 5.25. The van der Waals surface area contributed by atoms with Gasteiger partial charge in [-0.15, -0.1) is 0 Å². The smallest absolute Gasteiger partial charge is 0.225 e. The minimum atomic E-state index is 0.775. The van der Waals surface area contributed by atoms with E-state index in [0.29, 0.717) is 0 Å². The predicted molar refractivity (Wildman–Crippen MR) is 61.1 cm³/mol. The van der Waals surface area contributed by atoms with Gasteiger partial charge < -0.3 is 9.64 Å². The predicted octanol–water partition coefficient (Wildman–Crippen LogP) is 1.65. The Kier molecular flexibility index (Phi) is 5.04. The first-order chi connectivity index (χ1) is 7.36. The lowest BCUT2D eigenvalue weighted by molar-refractivity contribution is 0.122. The molecule has 1 saturated heterocycles. The van der Waals surface area contributed by atoms with Crippen molar-refractivity contribution in [1.82, 2.24) is 9.97 Å². The van der Waals surface area contributed by atoms with Gasteiger partial charge in [-0.1, -0.05) is 13.8 Å². The Labute approximate surface area is 91.3 Å². The van der Waals surface area contributed by atoms with Gasteiger partial charge in [0.2, 0.25) is 5.95 Å². The van der Waals surface area contributed by atoms with Crippen molar-refractivity contribution < 1.29 is 4.74 Å². The number of nitrogens with zero attached hydrogens (tertiary/aromatic N) is 3. The molecule has 0 aromatic carbocycles. The first-order valence-electron chi connectivity index (χ1n) is 5.47. The average Bonchev–Trinajstić information content (AvgIpc) is 2.34. The molecule has 0 saturated carbocycles. The maximum Gasteiger partial charge on any atom is 0.225 e. The zero-order chi connectivity index (χ0) is 11.1. The van der Waals surface area contributed by atoms with Gasteiger partial charge in [-0.05, 0) is 12.5 Å². The molecule has 0 bridgehead atoms. The second-order valence-electron chi connectivity index (χ2n) is 3.16. The van der Waals surface area contributed by atoms with Gasteiger partial charge in [-0.2, -0.15) is 0 Å². The van der Waals surface area contributed by atoms with Crippen LogP contribution in [0.15, 0.2) is 12.4 Å². The first-order valence-corrected chi connectivity index (χ1v) is 5.47. The number of hydrogen-bond donors (Lipinski definition) is 0. The van der Waals surface area contributed by atoms with Crippen LogP contribution in [0.25, 0.3) is 0 Å². The molecule has 0 radical (unpaired) electrons. The summed E-state index contributed by atoms with van der Waals surface area (Å²) in [5.74, 6) is 0.814.